The molecule has 1 aliphatic heterocycles. The third kappa shape index (κ3) is 1.63. The van der Waals surface area contributed by atoms with E-state index in [-0.39, 0.29) is 5.91 Å². The zero-order chi connectivity index (χ0) is 12.7. The van der Waals surface area contributed by atoms with E-state index in [0.717, 1.165) is 24.4 Å². The van der Waals surface area contributed by atoms with E-state index in [2.05, 4.69) is 5.10 Å². The van der Waals surface area contributed by atoms with Crippen LogP contribution in [0.3, 0.4) is 0 Å². The fourth-order valence-corrected chi connectivity index (χ4v) is 2.51. The molecule has 1 amide bonds. The minimum atomic E-state index is -0.0514. The molecular formula is C13H15N3O2. The van der Waals surface area contributed by atoms with Crippen LogP contribution in [-0.2, 0) is 20.0 Å². The van der Waals surface area contributed by atoms with Crippen molar-refractivity contribution in [3.05, 3.63) is 41.1 Å². The topological polar surface area (TPSA) is 51.3 Å². The Labute approximate surface area is 105 Å². The molecule has 3 rings (SSSR count). The van der Waals surface area contributed by atoms with Crippen molar-refractivity contribution in [3.63, 3.8) is 0 Å². The lowest BCUT2D eigenvalue weighted by Gasteiger charge is -2.26. The van der Waals surface area contributed by atoms with E-state index in [1.54, 1.807) is 12.1 Å². The lowest BCUT2D eigenvalue weighted by Crippen LogP contribution is -2.36. The Kier molecular flexibility index (Phi) is 2.47. The van der Waals surface area contributed by atoms with E-state index in [9.17, 15) is 4.79 Å². The Morgan fingerprint density at radius 3 is 3.06 bits per heavy atom. The second kappa shape index (κ2) is 4.01. The molecule has 0 saturated carbocycles. The highest BCUT2D eigenvalue weighted by molar-refractivity contribution is 5.91. The maximum Gasteiger partial charge on any atom is 0.289 e. The van der Waals surface area contributed by atoms with Crippen LogP contribution in [0.15, 0.2) is 22.8 Å². The normalized spacial score (nSPS) is 14.7. The fourth-order valence-electron chi connectivity index (χ4n) is 2.51. The van der Waals surface area contributed by atoms with Gasteiger partial charge in [-0.2, -0.15) is 5.10 Å². The van der Waals surface area contributed by atoms with Crippen LogP contribution in [0.1, 0.15) is 27.5 Å². The van der Waals surface area contributed by atoms with Crippen LogP contribution in [0.4, 0.5) is 0 Å². The molecule has 0 aromatic carbocycles. The Morgan fingerprint density at radius 2 is 2.33 bits per heavy atom. The molecule has 5 nitrogen and oxygen atoms in total. The van der Waals surface area contributed by atoms with Crippen molar-refractivity contribution < 1.29 is 9.21 Å². The molecule has 0 N–H and O–H groups in total. The Bertz CT molecular complexity index is 584. The first-order chi connectivity index (χ1) is 8.66. The summed E-state index contributed by atoms with van der Waals surface area (Å²) in [6.45, 7) is 3.34. The van der Waals surface area contributed by atoms with Crippen molar-refractivity contribution in [1.82, 2.24) is 14.7 Å². The molecule has 1 aliphatic rings. The quantitative estimate of drug-likeness (QED) is 0.765. The van der Waals surface area contributed by atoms with Gasteiger partial charge in [0.2, 0.25) is 0 Å². The third-order valence-corrected chi connectivity index (χ3v) is 3.47. The van der Waals surface area contributed by atoms with Gasteiger partial charge in [0.15, 0.2) is 5.76 Å². The second-order valence-electron chi connectivity index (χ2n) is 4.59. The van der Waals surface area contributed by atoms with Gasteiger partial charge in [-0.1, -0.05) is 0 Å². The van der Waals surface area contributed by atoms with Gasteiger partial charge in [-0.05, 0) is 31.0 Å². The molecule has 0 bridgehead atoms. The summed E-state index contributed by atoms with van der Waals surface area (Å²) in [4.78, 5) is 14.0. The van der Waals surface area contributed by atoms with Gasteiger partial charge in [0.1, 0.15) is 0 Å². The highest BCUT2D eigenvalue weighted by atomic mass is 16.3. The first-order valence-corrected chi connectivity index (χ1v) is 6.01. The van der Waals surface area contributed by atoms with E-state index in [4.69, 9.17) is 4.42 Å². The first kappa shape index (κ1) is 11.1. The Balaban J connectivity index is 1.87. The van der Waals surface area contributed by atoms with Gasteiger partial charge < -0.3 is 9.32 Å². The molecule has 5 heteroatoms. The summed E-state index contributed by atoms with van der Waals surface area (Å²) in [5.41, 5.74) is 3.47. The average molecular weight is 245 g/mol. The molecule has 94 valence electrons. The number of aromatic nitrogens is 2. The highest BCUT2D eigenvalue weighted by Gasteiger charge is 2.26. The second-order valence-corrected chi connectivity index (χ2v) is 4.59. The molecule has 0 aliphatic carbocycles. The Hall–Kier alpha value is -2.04. The molecular weight excluding hydrogens is 230 g/mol. The van der Waals surface area contributed by atoms with Crippen LogP contribution in [-0.4, -0.2) is 27.1 Å². The monoisotopic (exact) mass is 245 g/mol. The van der Waals surface area contributed by atoms with Gasteiger partial charge in [-0.15, -0.1) is 0 Å². The summed E-state index contributed by atoms with van der Waals surface area (Å²) >= 11 is 0. The lowest BCUT2D eigenvalue weighted by molar-refractivity contribution is 0.0698. The fraction of sp³-hybridized carbons (Fsp3) is 0.385. The molecule has 0 unspecified atom stereocenters. The molecule has 0 atom stereocenters. The van der Waals surface area contributed by atoms with Crippen LogP contribution in [0.2, 0.25) is 0 Å². The number of hydrogen-bond acceptors (Lipinski definition) is 3. The lowest BCUT2D eigenvalue weighted by atomic mass is 10.0. The minimum absolute atomic E-state index is 0.0514. The summed E-state index contributed by atoms with van der Waals surface area (Å²) in [5.74, 6) is 0.349. The number of aryl methyl sites for hydroxylation is 2. The van der Waals surface area contributed by atoms with Crippen LogP contribution in [0.5, 0.6) is 0 Å². The molecule has 3 heterocycles. The largest absolute Gasteiger partial charge is 0.459 e. The summed E-state index contributed by atoms with van der Waals surface area (Å²) in [5, 5.41) is 4.40. The maximum absolute atomic E-state index is 12.2. The van der Waals surface area contributed by atoms with Crippen molar-refractivity contribution in [1.29, 1.82) is 0 Å². The van der Waals surface area contributed by atoms with Gasteiger partial charge in [0.25, 0.3) is 5.91 Å². The number of nitrogens with zero attached hydrogens (tertiary/aromatic N) is 3. The Morgan fingerprint density at radius 1 is 1.50 bits per heavy atom. The van der Waals surface area contributed by atoms with Crippen LogP contribution >= 0.6 is 0 Å². The maximum atomic E-state index is 12.2. The smallest absolute Gasteiger partial charge is 0.289 e. The van der Waals surface area contributed by atoms with Crippen molar-refractivity contribution in [2.45, 2.75) is 19.9 Å². The number of carbonyl (C=O) groups excluding carboxylic acids is 1. The van der Waals surface area contributed by atoms with E-state index in [1.807, 2.05) is 23.6 Å². The molecule has 0 radical (unpaired) electrons. The molecule has 0 spiro atoms. The number of furan rings is 1. The molecule has 2 aromatic heterocycles. The van der Waals surface area contributed by atoms with Gasteiger partial charge in [0, 0.05) is 13.6 Å². The third-order valence-electron chi connectivity index (χ3n) is 3.47. The summed E-state index contributed by atoms with van der Waals surface area (Å²) < 4.78 is 7.03. The number of fused-ring (bicyclic) bond motifs is 1. The van der Waals surface area contributed by atoms with E-state index in [0.29, 0.717) is 12.3 Å². The van der Waals surface area contributed by atoms with Crippen molar-refractivity contribution >= 4 is 5.91 Å². The van der Waals surface area contributed by atoms with Crippen molar-refractivity contribution in [2.24, 2.45) is 7.05 Å². The van der Waals surface area contributed by atoms with Gasteiger partial charge in [-0.25, -0.2) is 0 Å². The molecule has 18 heavy (non-hydrogen) atoms. The standard InChI is InChI=1S/C13H15N3O2/c1-9-10-5-6-16(8-11(10)15(2)14-9)13(17)12-4-3-7-18-12/h3-4,7H,5-6,8H2,1-2H3. The van der Waals surface area contributed by atoms with Crippen LogP contribution < -0.4 is 0 Å². The van der Waals surface area contributed by atoms with Gasteiger partial charge in [0.05, 0.1) is 24.2 Å². The SMILES string of the molecule is Cc1nn(C)c2c1CCN(C(=O)c1ccco1)C2. The van der Waals surface area contributed by atoms with E-state index in [1.165, 1.54) is 11.8 Å². The zero-order valence-corrected chi connectivity index (χ0v) is 10.5. The predicted octanol–water partition coefficient (Wildman–Crippen LogP) is 1.52. The minimum Gasteiger partial charge on any atom is -0.459 e. The molecule has 0 saturated heterocycles. The van der Waals surface area contributed by atoms with Gasteiger partial charge in [-0.3, -0.25) is 9.48 Å². The number of rotatable bonds is 1. The summed E-state index contributed by atoms with van der Waals surface area (Å²) in [6.07, 6.45) is 2.39. The van der Waals surface area contributed by atoms with Crippen molar-refractivity contribution in [3.8, 4) is 0 Å². The number of amides is 1. The van der Waals surface area contributed by atoms with Crippen LogP contribution in [0, 0.1) is 6.92 Å². The average Bonchev–Trinajstić information content (AvgIpc) is 2.98. The predicted molar refractivity (Wildman–Crippen MR) is 65.1 cm³/mol. The highest BCUT2D eigenvalue weighted by Crippen LogP contribution is 2.22. The van der Waals surface area contributed by atoms with Gasteiger partial charge >= 0.3 is 0 Å². The first-order valence-electron chi connectivity index (χ1n) is 6.01. The molecule has 2 aromatic rings. The van der Waals surface area contributed by atoms with Crippen molar-refractivity contribution in [2.75, 3.05) is 6.54 Å². The number of carbonyl (C=O) groups is 1. The summed E-state index contributed by atoms with van der Waals surface area (Å²) in [7, 11) is 1.92. The van der Waals surface area contributed by atoms with Crippen LogP contribution in [0.25, 0.3) is 0 Å². The van der Waals surface area contributed by atoms with E-state index >= 15 is 0 Å². The summed E-state index contributed by atoms with van der Waals surface area (Å²) in [6, 6.07) is 3.43. The zero-order valence-electron chi connectivity index (χ0n) is 10.5. The number of hydrogen-bond donors (Lipinski definition) is 0. The molecule has 0 fully saturated rings. The van der Waals surface area contributed by atoms with E-state index < -0.39 is 0 Å².